The monoisotopic (exact) mass is 479 g/mol. The van der Waals surface area contributed by atoms with Crippen LogP contribution in [0.2, 0.25) is 5.02 Å². The fraction of sp³-hybridized carbons (Fsp3) is 0.391. The summed E-state index contributed by atoms with van der Waals surface area (Å²) >= 11 is 6.19. The normalized spacial score (nSPS) is 12.2. The number of rotatable bonds is 10. The standard InChI is InChI=1S/C23H30ClN3O4S/c1-5-14-25-23(29)18(3)26(15-19-10-7-6-8-11-19)22(28)16-27(32(4,30)31)21-13-9-12-20(24)17(21)2/h6-13,18H,5,14-16H2,1-4H3,(H,25,29)/t18-/m0/s1. The van der Waals surface area contributed by atoms with Gasteiger partial charge in [0.25, 0.3) is 0 Å². The summed E-state index contributed by atoms with van der Waals surface area (Å²) < 4.78 is 26.2. The summed E-state index contributed by atoms with van der Waals surface area (Å²) in [6, 6.07) is 13.4. The van der Waals surface area contributed by atoms with E-state index in [1.807, 2.05) is 37.3 Å². The minimum absolute atomic E-state index is 0.173. The second-order valence-electron chi connectivity index (χ2n) is 7.63. The van der Waals surface area contributed by atoms with Gasteiger partial charge in [-0.25, -0.2) is 8.42 Å². The molecule has 0 unspecified atom stereocenters. The summed E-state index contributed by atoms with van der Waals surface area (Å²) in [5.41, 5.74) is 1.72. The number of carbonyl (C=O) groups excluding carboxylic acids is 2. The Bertz CT molecular complexity index is 1040. The third kappa shape index (κ3) is 6.71. The average Bonchev–Trinajstić information content (AvgIpc) is 2.75. The van der Waals surface area contributed by atoms with E-state index in [0.717, 1.165) is 22.5 Å². The highest BCUT2D eigenvalue weighted by Gasteiger charge is 2.30. The van der Waals surface area contributed by atoms with Crippen molar-refractivity contribution in [2.45, 2.75) is 39.8 Å². The summed E-state index contributed by atoms with van der Waals surface area (Å²) in [5.74, 6) is -0.779. The second kappa shape index (κ2) is 11.3. The minimum atomic E-state index is -3.79. The van der Waals surface area contributed by atoms with Gasteiger partial charge in [0.2, 0.25) is 21.8 Å². The lowest BCUT2D eigenvalue weighted by Gasteiger charge is -2.32. The maximum absolute atomic E-state index is 13.4. The molecular weight excluding hydrogens is 450 g/mol. The molecule has 2 aromatic rings. The maximum Gasteiger partial charge on any atom is 0.244 e. The molecule has 0 spiro atoms. The zero-order valence-corrected chi connectivity index (χ0v) is 20.4. The molecule has 0 aliphatic rings. The number of carbonyl (C=O) groups is 2. The number of halogens is 1. The van der Waals surface area contributed by atoms with Gasteiger partial charge in [0.15, 0.2) is 0 Å². The molecule has 0 aromatic heterocycles. The van der Waals surface area contributed by atoms with Crippen LogP contribution in [0, 0.1) is 6.92 Å². The van der Waals surface area contributed by atoms with E-state index in [2.05, 4.69) is 5.32 Å². The third-order valence-electron chi connectivity index (χ3n) is 5.10. The predicted molar refractivity (Wildman–Crippen MR) is 128 cm³/mol. The van der Waals surface area contributed by atoms with Crippen molar-refractivity contribution >= 4 is 39.1 Å². The average molecular weight is 480 g/mol. The van der Waals surface area contributed by atoms with E-state index < -0.39 is 28.5 Å². The van der Waals surface area contributed by atoms with Gasteiger partial charge in [-0.05, 0) is 43.5 Å². The first kappa shape index (κ1) is 25.7. The van der Waals surface area contributed by atoms with Gasteiger partial charge >= 0.3 is 0 Å². The molecule has 0 saturated heterocycles. The number of hydrogen-bond acceptors (Lipinski definition) is 4. The predicted octanol–water partition coefficient (Wildman–Crippen LogP) is 3.36. The molecule has 0 aliphatic heterocycles. The zero-order valence-electron chi connectivity index (χ0n) is 18.8. The van der Waals surface area contributed by atoms with Gasteiger partial charge in [0, 0.05) is 18.1 Å². The highest BCUT2D eigenvalue weighted by atomic mass is 35.5. The lowest BCUT2D eigenvalue weighted by atomic mass is 10.1. The molecule has 0 aliphatic carbocycles. The van der Waals surface area contributed by atoms with Crippen LogP contribution in [0.1, 0.15) is 31.4 Å². The molecule has 9 heteroatoms. The fourth-order valence-electron chi connectivity index (χ4n) is 3.22. The molecule has 7 nitrogen and oxygen atoms in total. The first-order valence-electron chi connectivity index (χ1n) is 10.4. The van der Waals surface area contributed by atoms with Crippen LogP contribution in [0.4, 0.5) is 5.69 Å². The smallest absolute Gasteiger partial charge is 0.244 e. The summed E-state index contributed by atoms with van der Waals surface area (Å²) in [7, 11) is -3.79. The number of sulfonamides is 1. The van der Waals surface area contributed by atoms with E-state index >= 15 is 0 Å². The van der Waals surface area contributed by atoms with Crippen molar-refractivity contribution in [3.05, 3.63) is 64.7 Å². The Morgan fingerprint density at radius 1 is 1.09 bits per heavy atom. The quantitative estimate of drug-likeness (QED) is 0.566. The Hall–Kier alpha value is -2.58. The molecule has 1 atom stereocenters. The molecular formula is C23H30ClN3O4S. The van der Waals surface area contributed by atoms with E-state index in [-0.39, 0.29) is 12.5 Å². The first-order valence-corrected chi connectivity index (χ1v) is 12.6. The topological polar surface area (TPSA) is 86.8 Å². The van der Waals surface area contributed by atoms with Crippen LogP contribution in [0.3, 0.4) is 0 Å². The van der Waals surface area contributed by atoms with E-state index in [1.165, 1.54) is 4.90 Å². The Morgan fingerprint density at radius 3 is 2.34 bits per heavy atom. The SMILES string of the molecule is CCCNC(=O)[C@H](C)N(Cc1ccccc1)C(=O)CN(c1cccc(Cl)c1C)S(C)(=O)=O. The van der Waals surface area contributed by atoms with Crippen molar-refractivity contribution in [1.29, 1.82) is 0 Å². The van der Waals surface area contributed by atoms with Crippen LogP contribution in [0.15, 0.2) is 48.5 Å². The summed E-state index contributed by atoms with van der Waals surface area (Å²) in [6.07, 6.45) is 1.81. The number of anilines is 1. The van der Waals surface area contributed by atoms with Crippen molar-refractivity contribution in [2.24, 2.45) is 0 Å². The maximum atomic E-state index is 13.4. The van der Waals surface area contributed by atoms with Crippen LogP contribution in [-0.2, 0) is 26.2 Å². The zero-order chi connectivity index (χ0) is 23.9. The number of nitrogens with zero attached hydrogens (tertiary/aromatic N) is 2. The molecule has 0 fully saturated rings. The number of benzene rings is 2. The fourth-order valence-corrected chi connectivity index (χ4v) is 4.29. The number of hydrogen-bond donors (Lipinski definition) is 1. The molecule has 0 bridgehead atoms. The highest BCUT2D eigenvalue weighted by Crippen LogP contribution is 2.28. The van der Waals surface area contributed by atoms with Crippen LogP contribution >= 0.6 is 11.6 Å². The first-order chi connectivity index (χ1) is 15.1. The van der Waals surface area contributed by atoms with Gasteiger partial charge in [0.05, 0.1) is 11.9 Å². The van der Waals surface area contributed by atoms with Gasteiger partial charge in [0.1, 0.15) is 12.6 Å². The van der Waals surface area contributed by atoms with E-state index in [1.54, 1.807) is 32.0 Å². The Labute approximate surface area is 195 Å². The summed E-state index contributed by atoms with van der Waals surface area (Å²) in [4.78, 5) is 27.4. The summed E-state index contributed by atoms with van der Waals surface area (Å²) in [5, 5.41) is 3.20. The van der Waals surface area contributed by atoms with Crippen molar-refractivity contribution < 1.29 is 18.0 Å². The molecule has 174 valence electrons. The molecule has 0 heterocycles. The van der Waals surface area contributed by atoms with Gasteiger partial charge in [-0.15, -0.1) is 0 Å². The number of amides is 2. The lowest BCUT2D eigenvalue weighted by Crippen LogP contribution is -2.51. The van der Waals surface area contributed by atoms with Crippen molar-refractivity contribution in [3.8, 4) is 0 Å². The lowest BCUT2D eigenvalue weighted by molar-refractivity contribution is -0.139. The van der Waals surface area contributed by atoms with Crippen molar-refractivity contribution in [3.63, 3.8) is 0 Å². The molecule has 0 radical (unpaired) electrons. The molecule has 2 rings (SSSR count). The minimum Gasteiger partial charge on any atom is -0.354 e. The largest absolute Gasteiger partial charge is 0.354 e. The second-order valence-corrected chi connectivity index (χ2v) is 9.94. The molecule has 0 saturated carbocycles. The molecule has 2 amide bonds. The van der Waals surface area contributed by atoms with E-state index in [9.17, 15) is 18.0 Å². The molecule has 32 heavy (non-hydrogen) atoms. The highest BCUT2D eigenvalue weighted by molar-refractivity contribution is 7.92. The van der Waals surface area contributed by atoms with Crippen LogP contribution in [0.5, 0.6) is 0 Å². The van der Waals surface area contributed by atoms with Crippen LogP contribution < -0.4 is 9.62 Å². The van der Waals surface area contributed by atoms with Gasteiger partial charge < -0.3 is 10.2 Å². The van der Waals surface area contributed by atoms with E-state index in [4.69, 9.17) is 11.6 Å². The Morgan fingerprint density at radius 2 is 1.75 bits per heavy atom. The Balaban J connectivity index is 2.39. The van der Waals surface area contributed by atoms with Crippen LogP contribution in [0.25, 0.3) is 0 Å². The summed E-state index contributed by atoms with van der Waals surface area (Å²) in [6.45, 7) is 5.50. The van der Waals surface area contributed by atoms with Gasteiger partial charge in [-0.1, -0.05) is 54.9 Å². The van der Waals surface area contributed by atoms with Crippen LogP contribution in [-0.4, -0.2) is 50.5 Å². The third-order valence-corrected chi connectivity index (χ3v) is 6.64. The van der Waals surface area contributed by atoms with E-state index in [0.29, 0.717) is 22.8 Å². The molecule has 2 aromatic carbocycles. The number of nitrogens with one attached hydrogen (secondary N) is 1. The Kier molecular flexibility index (Phi) is 9.09. The van der Waals surface area contributed by atoms with Gasteiger partial charge in [-0.2, -0.15) is 0 Å². The van der Waals surface area contributed by atoms with Crippen molar-refractivity contribution in [2.75, 3.05) is 23.7 Å². The molecule has 1 N–H and O–H groups in total. The van der Waals surface area contributed by atoms with Crippen molar-refractivity contribution in [1.82, 2.24) is 10.2 Å². The van der Waals surface area contributed by atoms with Gasteiger partial charge in [-0.3, -0.25) is 13.9 Å².